The van der Waals surface area contributed by atoms with Gasteiger partial charge in [-0.3, -0.25) is 0 Å². The quantitative estimate of drug-likeness (QED) is 0.919. The van der Waals surface area contributed by atoms with E-state index in [0.717, 1.165) is 0 Å². The van der Waals surface area contributed by atoms with Gasteiger partial charge in [0.2, 0.25) is 10.0 Å². The molecule has 0 saturated carbocycles. The van der Waals surface area contributed by atoms with E-state index in [-0.39, 0.29) is 17.6 Å². The first-order chi connectivity index (χ1) is 9.45. The standard InChI is InChI=1S/C13H18ClNO4S/c1-10-8-15(5-2-6-19-10)20(17,18)12-3-4-13(14)11(7-12)9-16/h3-4,7,10,16H,2,5-6,8-9H2,1H3. The van der Waals surface area contributed by atoms with E-state index in [1.807, 2.05) is 6.92 Å². The smallest absolute Gasteiger partial charge is 0.243 e. The predicted octanol–water partition coefficient (Wildman–Crippen LogP) is 1.63. The Kier molecular flexibility index (Phi) is 5.04. The van der Waals surface area contributed by atoms with Crippen LogP contribution in [0.4, 0.5) is 0 Å². The molecule has 112 valence electrons. The van der Waals surface area contributed by atoms with Gasteiger partial charge in [-0.2, -0.15) is 4.31 Å². The SMILES string of the molecule is CC1CN(S(=O)(=O)c2ccc(Cl)c(CO)c2)CCCO1. The Morgan fingerprint density at radius 1 is 1.50 bits per heavy atom. The highest BCUT2D eigenvalue weighted by Gasteiger charge is 2.28. The number of hydrogen-bond donors (Lipinski definition) is 1. The maximum absolute atomic E-state index is 12.6. The fourth-order valence-corrected chi connectivity index (χ4v) is 3.94. The molecule has 0 radical (unpaired) electrons. The van der Waals surface area contributed by atoms with Gasteiger partial charge in [-0.05, 0) is 37.1 Å². The number of nitrogens with zero attached hydrogens (tertiary/aromatic N) is 1. The molecule has 0 aliphatic carbocycles. The Morgan fingerprint density at radius 2 is 2.25 bits per heavy atom. The summed E-state index contributed by atoms with van der Waals surface area (Å²) in [6, 6.07) is 4.39. The minimum atomic E-state index is -3.58. The zero-order chi connectivity index (χ0) is 14.8. The topological polar surface area (TPSA) is 66.8 Å². The fourth-order valence-electron chi connectivity index (χ4n) is 2.16. The minimum Gasteiger partial charge on any atom is -0.392 e. The van der Waals surface area contributed by atoms with Gasteiger partial charge in [-0.25, -0.2) is 8.42 Å². The van der Waals surface area contributed by atoms with Gasteiger partial charge in [-0.1, -0.05) is 11.6 Å². The summed E-state index contributed by atoms with van der Waals surface area (Å²) in [5.74, 6) is 0. The van der Waals surface area contributed by atoms with Crippen molar-refractivity contribution in [1.29, 1.82) is 0 Å². The summed E-state index contributed by atoms with van der Waals surface area (Å²) in [5.41, 5.74) is 0.409. The predicted molar refractivity (Wildman–Crippen MR) is 76.2 cm³/mol. The summed E-state index contributed by atoms with van der Waals surface area (Å²) in [6.45, 7) is 2.90. The van der Waals surface area contributed by atoms with Gasteiger partial charge in [0.15, 0.2) is 0 Å². The monoisotopic (exact) mass is 319 g/mol. The summed E-state index contributed by atoms with van der Waals surface area (Å²) in [7, 11) is -3.58. The van der Waals surface area contributed by atoms with Crippen LogP contribution in [-0.2, 0) is 21.4 Å². The van der Waals surface area contributed by atoms with Gasteiger partial charge < -0.3 is 9.84 Å². The first-order valence-corrected chi connectivity index (χ1v) is 8.28. The number of aliphatic hydroxyl groups is 1. The largest absolute Gasteiger partial charge is 0.392 e. The fraction of sp³-hybridized carbons (Fsp3) is 0.538. The molecule has 0 spiro atoms. The third-order valence-electron chi connectivity index (χ3n) is 3.24. The molecule has 1 aromatic carbocycles. The highest BCUT2D eigenvalue weighted by atomic mass is 35.5. The summed E-state index contributed by atoms with van der Waals surface area (Å²) in [6.07, 6.45) is 0.543. The molecule has 0 amide bonds. The molecule has 0 bridgehead atoms. The summed E-state index contributed by atoms with van der Waals surface area (Å²) in [5, 5.41) is 9.55. The van der Waals surface area contributed by atoms with Gasteiger partial charge in [0, 0.05) is 24.7 Å². The first kappa shape index (κ1) is 15.7. The van der Waals surface area contributed by atoms with Crippen molar-refractivity contribution < 1.29 is 18.3 Å². The van der Waals surface area contributed by atoms with Crippen molar-refractivity contribution in [3.8, 4) is 0 Å². The van der Waals surface area contributed by atoms with Gasteiger partial charge in [-0.15, -0.1) is 0 Å². The molecule has 1 heterocycles. The normalized spacial score (nSPS) is 21.6. The second kappa shape index (κ2) is 6.41. The Morgan fingerprint density at radius 3 is 2.95 bits per heavy atom. The van der Waals surface area contributed by atoms with E-state index >= 15 is 0 Å². The second-order valence-corrected chi connectivity index (χ2v) is 7.15. The van der Waals surface area contributed by atoms with Crippen molar-refractivity contribution in [1.82, 2.24) is 4.31 Å². The maximum atomic E-state index is 12.6. The van der Waals surface area contributed by atoms with E-state index in [4.69, 9.17) is 16.3 Å². The molecule has 1 N–H and O–H groups in total. The van der Waals surface area contributed by atoms with Crippen molar-refractivity contribution in [3.05, 3.63) is 28.8 Å². The van der Waals surface area contributed by atoms with Gasteiger partial charge in [0.25, 0.3) is 0 Å². The molecule has 1 atom stereocenters. The van der Waals surface area contributed by atoms with Crippen LogP contribution in [0, 0.1) is 0 Å². The highest BCUT2D eigenvalue weighted by Crippen LogP contribution is 2.24. The van der Waals surface area contributed by atoms with Crippen molar-refractivity contribution in [3.63, 3.8) is 0 Å². The Hall–Kier alpha value is -0.660. The molecule has 7 heteroatoms. The Balaban J connectivity index is 2.33. The number of ether oxygens (including phenoxy) is 1. The summed E-state index contributed by atoms with van der Waals surface area (Å²) >= 11 is 5.89. The number of benzene rings is 1. The number of aliphatic hydroxyl groups excluding tert-OH is 1. The molecule has 20 heavy (non-hydrogen) atoms. The van der Waals surface area contributed by atoms with Gasteiger partial charge >= 0.3 is 0 Å². The maximum Gasteiger partial charge on any atom is 0.243 e. The molecular weight excluding hydrogens is 302 g/mol. The van der Waals surface area contributed by atoms with Crippen molar-refractivity contribution >= 4 is 21.6 Å². The van der Waals surface area contributed by atoms with Crippen LogP contribution >= 0.6 is 11.6 Å². The first-order valence-electron chi connectivity index (χ1n) is 6.46. The number of rotatable bonds is 3. The zero-order valence-corrected chi connectivity index (χ0v) is 12.8. The van der Waals surface area contributed by atoms with Gasteiger partial charge in [0.1, 0.15) is 0 Å². The van der Waals surface area contributed by atoms with E-state index < -0.39 is 10.0 Å². The van der Waals surface area contributed by atoms with Gasteiger partial charge in [0.05, 0.1) is 17.6 Å². The van der Waals surface area contributed by atoms with Crippen LogP contribution < -0.4 is 0 Å². The lowest BCUT2D eigenvalue weighted by Crippen LogP contribution is -2.36. The van der Waals surface area contributed by atoms with Crippen LogP contribution in [-0.4, -0.2) is 43.6 Å². The summed E-state index contributed by atoms with van der Waals surface area (Å²) < 4.78 is 32.1. The van der Waals surface area contributed by atoms with Crippen LogP contribution in [0.2, 0.25) is 5.02 Å². The molecule has 1 aromatic rings. The summed E-state index contributed by atoms with van der Waals surface area (Å²) in [4.78, 5) is 0.153. The molecule has 1 aliphatic rings. The lowest BCUT2D eigenvalue weighted by molar-refractivity contribution is 0.0752. The minimum absolute atomic E-state index is 0.128. The Bertz CT molecular complexity index is 576. The highest BCUT2D eigenvalue weighted by molar-refractivity contribution is 7.89. The van der Waals surface area contributed by atoms with Crippen LogP contribution in [0.15, 0.2) is 23.1 Å². The van der Waals surface area contributed by atoms with E-state index in [9.17, 15) is 13.5 Å². The van der Waals surface area contributed by atoms with Crippen LogP contribution in [0.5, 0.6) is 0 Å². The van der Waals surface area contributed by atoms with Crippen molar-refractivity contribution in [2.75, 3.05) is 19.7 Å². The molecule has 0 aromatic heterocycles. The van der Waals surface area contributed by atoms with E-state index in [2.05, 4.69) is 0 Å². The van der Waals surface area contributed by atoms with E-state index in [1.54, 1.807) is 0 Å². The van der Waals surface area contributed by atoms with Crippen LogP contribution in [0.3, 0.4) is 0 Å². The lowest BCUT2D eigenvalue weighted by Gasteiger charge is -2.22. The zero-order valence-electron chi connectivity index (χ0n) is 11.3. The Labute approximate surface area is 124 Å². The average Bonchev–Trinajstić information content (AvgIpc) is 2.64. The van der Waals surface area contributed by atoms with Crippen LogP contribution in [0.1, 0.15) is 18.9 Å². The van der Waals surface area contributed by atoms with Crippen molar-refractivity contribution in [2.45, 2.75) is 31.0 Å². The van der Waals surface area contributed by atoms with E-state index in [1.165, 1.54) is 22.5 Å². The molecular formula is C13H18ClNO4S. The van der Waals surface area contributed by atoms with Crippen molar-refractivity contribution in [2.24, 2.45) is 0 Å². The number of hydrogen-bond acceptors (Lipinski definition) is 4. The average molecular weight is 320 g/mol. The second-order valence-electron chi connectivity index (χ2n) is 4.81. The number of halogens is 1. The molecule has 5 nitrogen and oxygen atoms in total. The van der Waals surface area contributed by atoms with E-state index in [0.29, 0.717) is 36.7 Å². The molecule has 2 rings (SSSR count). The third-order valence-corrected chi connectivity index (χ3v) is 5.47. The van der Waals surface area contributed by atoms with Crippen LogP contribution in [0.25, 0.3) is 0 Å². The molecule has 1 unspecified atom stereocenters. The molecule has 1 fully saturated rings. The number of sulfonamides is 1. The molecule has 1 saturated heterocycles. The lowest BCUT2D eigenvalue weighted by atomic mass is 10.2. The molecule has 1 aliphatic heterocycles. The third kappa shape index (κ3) is 3.32.